The maximum absolute atomic E-state index is 13.6. The Labute approximate surface area is 263 Å². The predicted octanol–water partition coefficient (Wildman–Crippen LogP) is 6.30. The maximum Gasteiger partial charge on any atom is 0.266 e. The van der Waals surface area contributed by atoms with Gasteiger partial charge in [-0.05, 0) is 78.5 Å². The lowest BCUT2D eigenvalue weighted by molar-refractivity contribution is -0.123. The second kappa shape index (κ2) is 13.7. The van der Waals surface area contributed by atoms with Crippen LogP contribution in [0.2, 0.25) is 0 Å². The molecule has 44 heavy (non-hydrogen) atoms. The summed E-state index contributed by atoms with van der Waals surface area (Å²) in [7, 11) is 0. The third kappa shape index (κ3) is 6.71. The fourth-order valence-electron chi connectivity index (χ4n) is 6.19. The van der Waals surface area contributed by atoms with Gasteiger partial charge in [0.2, 0.25) is 0 Å². The van der Waals surface area contributed by atoms with Gasteiger partial charge < -0.3 is 15.1 Å². The zero-order valence-corrected chi connectivity index (χ0v) is 25.4. The zero-order chi connectivity index (χ0) is 30.4. The molecule has 0 bridgehead atoms. The fourth-order valence-corrected chi connectivity index (χ4v) is 7.20. The minimum absolute atomic E-state index is 0.0348. The van der Waals surface area contributed by atoms with Crippen LogP contribution in [0.15, 0.2) is 131 Å². The molecule has 2 N–H and O–H groups in total. The molecule has 1 amide bonds. The van der Waals surface area contributed by atoms with Gasteiger partial charge in [-0.2, -0.15) is 0 Å². The molecule has 0 aliphatic carbocycles. The molecule has 4 aromatic rings. The number of nitrogens with zero attached hydrogens (tertiary/aromatic N) is 3. The molecular weight excluding hydrogens is 566 g/mol. The predicted molar refractivity (Wildman–Crippen MR) is 178 cm³/mol. The number of amidine groups is 1. The number of benzene rings is 4. The lowest BCUT2D eigenvalue weighted by Gasteiger charge is -2.42. The average Bonchev–Trinajstić information content (AvgIpc) is 3.35. The van der Waals surface area contributed by atoms with Crippen molar-refractivity contribution in [3.05, 3.63) is 143 Å². The molecule has 2 saturated heterocycles. The normalized spacial score (nSPS) is 19.1. The van der Waals surface area contributed by atoms with Gasteiger partial charge in [0, 0.05) is 6.54 Å². The van der Waals surface area contributed by atoms with Gasteiger partial charge in [0.15, 0.2) is 5.17 Å². The lowest BCUT2D eigenvalue weighted by Crippen LogP contribution is -2.48. The van der Waals surface area contributed by atoms with E-state index < -0.39 is 11.7 Å². The van der Waals surface area contributed by atoms with Crippen molar-refractivity contribution < 1.29 is 15.0 Å². The standard InChI is InChI=1S/C37H37N3O3S/c41-33(26-39-23-21-31(22-24-39)37(43,29-15-7-2-8-16-29)30-17-9-3-10-18-30)27-40-35(42)34(25-28-13-5-1-6-14-28)44-36(40)38-32-19-11-4-12-20-32/h1-20,25,31,33,41,43H,21-24,26-27H2/b34-25+,38-36?. The molecule has 0 saturated carbocycles. The third-order valence-corrected chi connectivity index (χ3v) is 9.44. The van der Waals surface area contributed by atoms with Crippen molar-refractivity contribution in [1.29, 1.82) is 0 Å². The van der Waals surface area contributed by atoms with Crippen LogP contribution in [0.4, 0.5) is 5.69 Å². The van der Waals surface area contributed by atoms with E-state index in [1.165, 1.54) is 11.8 Å². The first-order chi connectivity index (χ1) is 21.5. The molecule has 6 rings (SSSR count). The summed E-state index contributed by atoms with van der Waals surface area (Å²) in [5, 5.41) is 24.0. The average molecular weight is 604 g/mol. The highest BCUT2D eigenvalue weighted by atomic mass is 32.2. The number of carbonyl (C=O) groups excluding carboxylic acids is 1. The monoisotopic (exact) mass is 603 g/mol. The first-order valence-electron chi connectivity index (χ1n) is 15.1. The number of thioether (sulfide) groups is 1. The lowest BCUT2D eigenvalue weighted by atomic mass is 9.72. The van der Waals surface area contributed by atoms with E-state index in [1.807, 2.05) is 127 Å². The molecule has 2 aliphatic rings. The number of rotatable bonds is 9. The molecule has 6 nitrogen and oxygen atoms in total. The SMILES string of the molecule is O=C1/C(=C\c2ccccc2)SC(=Nc2ccccc2)N1CC(O)CN1CCC(C(O)(c2ccccc2)c2ccccc2)CC1. The number of aliphatic imine (C=N–C) groups is 1. The molecular formula is C37H37N3O3S. The summed E-state index contributed by atoms with van der Waals surface area (Å²) in [5.74, 6) is -0.116. The third-order valence-electron chi connectivity index (χ3n) is 8.43. The Balaban J connectivity index is 1.14. The molecule has 2 fully saturated rings. The topological polar surface area (TPSA) is 76.4 Å². The summed E-state index contributed by atoms with van der Waals surface area (Å²) in [6.45, 7) is 2.08. The van der Waals surface area contributed by atoms with Crippen molar-refractivity contribution in [2.75, 3.05) is 26.2 Å². The van der Waals surface area contributed by atoms with Crippen molar-refractivity contribution >= 4 is 34.6 Å². The summed E-state index contributed by atoms with van der Waals surface area (Å²) in [5.41, 5.74) is 2.42. The largest absolute Gasteiger partial charge is 0.390 e. The number of hydrogen-bond acceptors (Lipinski definition) is 6. The first-order valence-corrected chi connectivity index (χ1v) is 16.0. The Bertz CT molecular complexity index is 1550. The van der Waals surface area contributed by atoms with Gasteiger partial charge in [-0.1, -0.05) is 109 Å². The summed E-state index contributed by atoms with van der Waals surface area (Å²) < 4.78 is 0. The number of piperidine rings is 1. The molecule has 2 heterocycles. The Hall–Kier alpha value is -4.01. The summed E-state index contributed by atoms with van der Waals surface area (Å²) in [6.07, 6.45) is 2.70. The number of β-amino-alcohol motifs (C(OH)–C–C–N with tert-alkyl or cyclic N) is 1. The smallest absolute Gasteiger partial charge is 0.266 e. The van der Waals surface area contributed by atoms with Crippen LogP contribution in [-0.2, 0) is 10.4 Å². The highest BCUT2D eigenvalue weighted by Gasteiger charge is 2.42. The van der Waals surface area contributed by atoms with Crippen molar-refractivity contribution in [3.63, 3.8) is 0 Å². The minimum atomic E-state index is -1.09. The Morgan fingerprint density at radius 1 is 0.795 bits per heavy atom. The van der Waals surface area contributed by atoms with Crippen LogP contribution in [0.25, 0.3) is 6.08 Å². The van der Waals surface area contributed by atoms with E-state index in [-0.39, 0.29) is 18.4 Å². The van der Waals surface area contributed by atoms with E-state index in [0.29, 0.717) is 16.6 Å². The van der Waals surface area contributed by atoms with Gasteiger partial charge in [-0.25, -0.2) is 4.99 Å². The molecule has 1 unspecified atom stereocenters. The van der Waals surface area contributed by atoms with Crippen LogP contribution in [-0.4, -0.2) is 63.4 Å². The second-order valence-corrected chi connectivity index (χ2v) is 12.4. The van der Waals surface area contributed by atoms with Crippen LogP contribution in [0.3, 0.4) is 0 Å². The summed E-state index contributed by atoms with van der Waals surface area (Å²) in [6, 6.07) is 39.2. The molecule has 224 valence electrons. The quantitative estimate of drug-likeness (QED) is 0.220. The molecule has 0 radical (unpaired) electrons. The van der Waals surface area contributed by atoms with Gasteiger partial charge in [0.1, 0.15) is 5.60 Å². The van der Waals surface area contributed by atoms with Gasteiger partial charge in [0.05, 0.1) is 23.2 Å². The first kappa shape index (κ1) is 30.0. The van der Waals surface area contributed by atoms with Crippen molar-refractivity contribution in [1.82, 2.24) is 9.80 Å². The zero-order valence-electron chi connectivity index (χ0n) is 24.6. The number of hydrogen-bond donors (Lipinski definition) is 2. The summed E-state index contributed by atoms with van der Waals surface area (Å²) >= 11 is 1.34. The Morgan fingerprint density at radius 3 is 1.89 bits per heavy atom. The van der Waals surface area contributed by atoms with Gasteiger partial charge in [0.25, 0.3) is 5.91 Å². The van der Waals surface area contributed by atoms with Crippen LogP contribution >= 0.6 is 11.8 Å². The summed E-state index contributed by atoms with van der Waals surface area (Å²) in [4.78, 5) is 22.8. The minimum Gasteiger partial charge on any atom is -0.390 e. The highest BCUT2D eigenvalue weighted by molar-refractivity contribution is 8.18. The van der Waals surface area contributed by atoms with E-state index in [9.17, 15) is 15.0 Å². The second-order valence-electron chi connectivity index (χ2n) is 11.4. The van der Waals surface area contributed by atoms with Gasteiger partial charge >= 0.3 is 0 Å². The van der Waals surface area contributed by atoms with Crippen LogP contribution in [0, 0.1) is 5.92 Å². The number of aliphatic hydroxyl groups excluding tert-OH is 1. The molecule has 0 aromatic heterocycles. The molecule has 1 atom stereocenters. The molecule has 7 heteroatoms. The van der Waals surface area contributed by atoms with Crippen molar-refractivity contribution in [3.8, 4) is 0 Å². The highest BCUT2D eigenvalue weighted by Crippen LogP contribution is 2.42. The van der Waals surface area contributed by atoms with E-state index in [4.69, 9.17) is 4.99 Å². The van der Waals surface area contributed by atoms with Crippen LogP contribution in [0.1, 0.15) is 29.5 Å². The van der Waals surface area contributed by atoms with Crippen molar-refractivity contribution in [2.45, 2.75) is 24.5 Å². The van der Waals surface area contributed by atoms with Gasteiger partial charge in [-0.3, -0.25) is 9.69 Å². The van der Waals surface area contributed by atoms with Crippen LogP contribution < -0.4 is 0 Å². The van der Waals surface area contributed by atoms with E-state index >= 15 is 0 Å². The van der Waals surface area contributed by atoms with E-state index in [2.05, 4.69) is 4.90 Å². The Kier molecular flexibility index (Phi) is 9.38. The van der Waals surface area contributed by atoms with Crippen molar-refractivity contribution in [2.24, 2.45) is 10.9 Å². The fraction of sp³-hybridized carbons (Fsp3) is 0.243. The number of para-hydroxylation sites is 1. The number of carbonyl (C=O) groups is 1. The van der Waals surface area contributed by atoms with Gasteiger partial charge in [-0.15, -0.1) is 0 Å². The number of amides is 1. The molecule has 2 aliphatic heterocycles. The maximum atomic E-state index is 13.6. The number of aliphatic hydroxyl groups is 2. The number of likely N-dealkylation sites (tertiary alicyclic amines) is 1. The van der Waals surface area contributed by atoms with E-state index in [1.54, 1.807) is 4.90 Å². The molecule has 0 spiro atoms. The Morgan fingerprint density at radius 2 is 1.32 bits per heavy atom. The van der Waals surface area contributed by atoms with E-state index in [0.717, 1.165) is 48.3 Å². The van der Waals surface area contributed by atoms with Crippen LogP contribution in [0.5, 0.6) is 0 Å². The molecule has 4 aromatic carbocycles.